The molecule has 0 bridgehead atoms. The fourth-order valence-electron chi connectivity index (χ4n) is 3.62. The zero-order chi connectivity index (χ0) is 22.4. The van der Waals surface area contributed by atoms with Crippen molar-refractivity contribution in [1.82, 2.24) is 19.9 Å². The Kier molecular flexibility index (Phi) is 5.20. The summed E-state index contributed by atoms with van der Waals surface area (Å²) in [5.74, 6) is -0.866. The van der Waals surface area contributed by atoms with Crippen molar-refractivity contribution in [2.24, 2.45) is 0 Å². The first kappa shape index (κ1) is 21.2. The molecule has 1 fully saturated rings. The number of piperidine rings is 1. The number of benzene rings is 1. The van der Waals surface area contributed by atoms with Gasteiger partial charge in [-0.05, 0) is 49.7 Å². The Labute approximate surface area is 171 Å². The third kappa shape index (κ3) is 4.11. The second-order valence-electron chi connectivity index (χ2n) is 7.23. The quantitative estimate of drug-likeness (QED) is 0.525. The van der Waals surface area contributed by atoms with Gasteiger partial charge >= 0.3 is 12.4 Å². The molecule has 0 radical (unpaired) electrons. The number of hydrogen-bond acceptors (Lipinski definition) is 5. The molecule has 1 aromatic carbocycles. The number of phenols is 1. The van der Waals surface area contributed by atoms with Gasteiger partial charge in [0, 0.05) is 23.7 Å². The highest BCUT2D eigenvalue weighted by molar-refractivity contribution is 5.82. The van der Waals surface area contributed by atoms with Gasteiger partial charge in [0.25, 0.3) is 0 Å². The van der Waals surface area contributed by atoms with Gasteiger partial charge in [0.15, 0.2) is 5.65 Å². The predicted molar refractivity (Wildman–Crippen MR) is 99.6 cm³/mol. The molecule has 6 nitrogen and oxygen atoms in total. The lowest BCUT2D eigenvalue weighted by atomic mass is 10.0. The summed E-state index contributed by atoms with van der Waals surface area (Å²) in [4.78, 5) is 0. The molecule has 1 aliphatic rings. The van der Waals surface area contributed by atoms with Gasteiger partial charge in [0.2, 0.25) is 5.95 Å². The molecule has 3 heterocycles. The Bertz CT molecular complexity index is 1100. The minimum absolute atomic E-state index is 0.0153. The summed E-state index contributed by atoms with van der Waals surface area (Å²) in [6.45, 7) is 1.35. The largest absolute Gasteiger partial charge is 0.507 e. The molecule has 0 spiro atoms. The van der Waals surface area contributed by atoms with Crippen LogP contribution in [0.3, 0.4) is 0 Å². The van der Waals surface area contributed by atoms with Crippen molar-refractivity contribution in [2.75, 3.05) is 18.4 Å². The number of fused-ring (bicyclic) bond motifs is 1. The van der Waals surface area contributed by atoms with Crippen LogP contribution >= 0.6 is 0 Å². The second kappa shape index (κ2) is 7.59. The lowest BCUT2D eigenvalue weighted by Gasteiger charge is -2.24. The number of phenolic OH excluding ortho intramolecular Hbond substituents is 1. The van der Waals surface area contributed by atoms with Crippen LogP contribution in [0.2, 0.25) is 0 Å². The lowest BCUT2D eigenvalue weighted by Crippen LogP contribution is -2.39. The first-order chi connectivity index (χ1) is 14.6. The fraction of sp³-hybridized carbons (Fsp3) is 0.368. The topological polar surface area (TPSA) is 74.5 Å². The molecule has 2 aromatic heterocycles. The van der Waals surface area contributed by atoms with E-state index in [0.717, 1.165) is 48.1 Å². The van der Waals surface area contributed by atoms with E-state index in [-0.39, 0.29) is 28.8 Å². The van der Waals surface area contributed by atoms with Gasteiger partial charge in [-0.1, -0.05) is 0 Å². The zero-order valence-corrected chi connectivity index (χ0v) is 15.8. The maximum absolute atomic E-state index is 13.7. The summed E-state index contributed by atoms with van der Waals surface area (Å²) in [7, 11) is 0. The minimum Gasteiger partial charge on any atom is -0.507 e. The highest BCUT2D eigenvalue weighted by Gasteiger charge is 2.36. The van der Waals surface area contributed by atoms with Crippen LogP contribution in [0, 0.1) is 0 Å². The Morgan fingerprint density at radius 1 is 1.00 bits per heavy atom. The number of pyridine rings is 1. The van der Waals surface area contributed by atoms with E-state index in [1.165, 1.54) is 0 Å². The van der Waals surface area contributed by atoms with Gasteiger partial charge < -0.3 is 15.7 Å². The highest BCUT2D eigenvalue weighted by Crippen LogP contribution is 2.40. The molecule has 1 saturated heterocycles. The van der Waals surface area contributed by atoms with Gasteiger partial charge in [-0.2, -0.15) is 26.3 Å². The normalized spacial score (nSPS) is 17.8. The van der Waals surface area contributed by atoms with Crippen molar-refractivity contribution in [3.63, 3.8) is 0 Å². The Balaban J connectivity index is 1.85. The predicted octanol–water partition coefficient (Wildman–Crippen LogP) is 4.30. The molecule has 166 valence electrons. The second-order valence-corrected chi connectivity index (χ2v) is 7.23. The Morgan fingerprint density at radius 2 is 1.74 bits per heavy atom. The van der Waals surface area contributed by atoms with Crippen molar-refractivity contribution in [2.45, 2.75) is 31.2 Å². The molecule has 12 heteroatoms. The van der Waals surface area contributed by atoms with E-state index in [4.69, 9.17) is 0 Å². The molecule has 1 aliphatic heterocycles. The molecule has 0 unspecified atom stereocenters. The van der Waals surface area contributed by atoms with Crippen molar-refractivity contribution >= 4 is 11.6 Å². The number of nitrogens with one attached hydrogen (secondary N) is 2. The molecule has 0 saturated carbocycles. The number of hydrogen-bond donors (Lipinski definition) is 3. The molecule has 3 aromatic rings. The van der Waals surface area contributed by atoms with Crippen LogP contribution < -0.4 is 10.6 Å². The first-order valence-corrected chi connectivity index (χ1v) is 9.39. The van der Waals surface area contributed by atoms with Gasteiger partial charge in [-0.3, -0.25) is 4.40 Å². The molecule has 0 aliphatic carbocycles. The van der Waals surface area contributed by atoms with Crippen LogP contribution in [-0.2, 0) is 12.4 Å². The van der Waals surface area contributed by atoms with Crippen LogP contribution in [0.5, 0.6) is 5.75 Å². The number of halogens is 6. The Morgan fingerprint density at radius 3 is 2.35 bits per heavy atom. The summed E-state index contributed by atoms with van der Waals surface area (Å²) >= 11 is 0. The summed E-state index contributed by atoms with van der Waals surface area (Å²) in [5.41, 5.74) is -2.44. The molecule has 31 heavy (non-hydrogen) atoms. The smallest absolute Gasteiger partial charge is 0.431 e. The summed E-state index contributed by atoms with van der Waals surface area (Å²) in [6, 6.07) is 3.94. The number of aromatic nitrogens is 3. The van der Waals surface area contributed by atoms with Crippen LogP contribution in [0.4, 0.5) is 32.3 Å². The lowest BCUT2D eigenvalue weighted by molar-refractivity contribution is -0.142. The van der Waals surface area contributed by atoms with E-state index in [1.54, 1.807) is 0 Å². The highest BCUT2D eigenvalue weighted by atomic mass is 19.4. The molecule has 3 N–H and O–H groups in total. The number of rotatable bonds is 3. The van der Waals surface area contributed by atoms with E-state index < -0.39 is 29.4 Å². The van der Waals surface area contributed by atoms with E-state index in [9.17, 15) is 31.4 Å². The molecule has 1 atom stereocenters. The molecule has 0 amide bonds. The molecular weight excluding hydrogens is 428 g/mol. The van der Waals surface area contributed by atoms with Gasteiger partial charge in [0.05, 0.1) is 5.56 Å². The average molecular weight is 445 g/mol. The van der Waals surface area contributed by atoms with Crippen molar-refractivity contribution in [3.8, 4) is 16.9 Å². The van der Waals surface area contributed by atoms with Crippen molar-refractivity contribution in [3.05, 3.63) is 41.6 Å². The van der Waals surface area contributed by atoms with E-state index in [2.05, 4.69) is 20.8 Å². The Hall–Kier alpha value is -3.02. The van der Waals surface area contributed by atoms with Crippen LogP contribution in [-0.4, -0.2) is 38.8 Å². The number of alkyl halides is 6. The maximum atomic E-state index is 13.7. The zero-order valence-electron chi connectivity index (χ0n) is 15.8. The summed E-state index contributed by atoms with van der Waals surface area (Å²) in [5, 5.41) is 23.9. The van der Waals surface area contributed by atoms with Crippen LogP contribution in [0.1, 0.15) is 24.1 Å². The first-order valence-electron chi connectivity index (χ1n) is 9.39. The maximum Gasteiger partial charge on any atom is 0.431 e. The number of nitrogens with zero attached hydrogens (tertiary/aromatic N) is 3. The number of anilines is 1. The standard InChI is InChI=1S/C19H17F6N5O/c20-18(21,22)10-3-4-12(14(31)8-10)13-5-6-15(19(23,24)25)30-16(13)28-29-17(30)27-11-2-1-7-26-9-11/h3-6,8,11,26,31H,1-2,7,9H2,(H,27,29)/t11-/m1/s1. The van der Waals surface area contributed by atoms with Crippen molar-refractivity contribution < 1.29 is 31.4 Å². The molecular formula is C19H17F6N5O. The van der Waals surface area contributed by atoms with E-state index >= 15 is 0 Å². The van der Waals surface area contributed by atoms with Gasteiger partial charge in [-0.25, -0.2) is 0 Å². The molecule has 4 rings (SSSR count). The third-order valence-corrected chi connectivity index (χ3v) is 5.09. The van der Waals surface area contributed by atoms with Crippen LogP contribution in [0.25, 0.3) is 16.8 Å². The minimum atomic E-state index is -4.73. The third-order valence-electron chi connectivity index (χ3n) is 5.09. The van der Waals surface area contributed by atoms with E-state index in [1.807, 2.05) is 0 Å². The monoisotopic (exact) mass is 445 g/mol. The summed E-state index contributed by atoms with van der Waals surface area (Å²) < 4.78 is 80.4. The number of aromatic hydroxyl groups is 1. The fourth-order valence-corrected chi connectivity index (χ4v) is 3.62. The summed E-state index contributed by atoms with van der Waals surface area (Å²) in [6.07, 6.45) is -7.85. The van der Waals surface area contributed by atoms with Gasteiger partial charge in [0.1, 0.15) is 11.4 Å². The SMILES string of the molecule is Oc1cc(C(F)(F)F)ccc1-c1ccc(C(F)(F)F)n2c(N[C@@H]3CCCNC3)nnc12. The van der Waals surface area contributed by atoms with Crippen molar-refractivity contribution in [1.29, 1.82) is 0 Å². The average Bonchev–Trinajstić information content (AvgIpc) is 3.10. The van der Waals surface area contributed by atoms with Gasteiger partial charge in [-0.15, -0.1) is 10.2 Å². The van der Waals surface area contributed by atoms with E-state index in [0.29, 0.717) is 12.6 Å². The van der Waals surface area contributed by atoms with Crippen LogP contribution in [0.15, 0.2) is 30.3 Å².